The standard InChI is InChI=1S/C13H21NO2/c1-12-5-3-6-13(11-12)16-10-8-14-7-4-9-15-2/h3,5-6,11,14H,4,7-10H2,1-2H3. The third kappa shape index (κ3) is 5.73. The summed E-state index contributed by atoms with van der Waals surface area (Å²) in [6.07, 6.45) is 1.04. The quantitative estimate of drug-likeness (QED) is 0.684. The first-order chi connectivity index (χ1) is 7.83. The molecule has 0 heterocycles. The molecule has 0 radical (unpaired) electrons. The molecule has 0 saturated carbocycles. The van der Waals surface area contributed by atoms with Crippen LogP contribution in [0, 0.1) is 6.92 Å². The van der Waals surface area contributed by atoms with E-state index in [2.05, 4.69) is 18.3 Å². The summed E-state index contributed by atoms with van der Waals surface area (Å²) in [6.45, 7) is 5.43. The average Bonchev–Trinajstić information content (AvgIpc) is 2.28. The van der Waals surface area contributed by atoms with E-state index in [-0.39, 0.29) is 0 Å². The maximum atomic E-state index is 5.60. The van der Waals surface area contributed by atoms with Crippen LogP contribution in [0.5, 0.6) is 5.75 Å². The van der Waals surface area contributed by atoms with Gasteiger partial charge < -0.3 is 14.8 Å². The van der Waals surface area contributed by atoms with E-state index in [4.69, 9.17) is 9.47 Å². The number of benzene rings is 1. The van der Waals surface area contributed by atoms with E-state index in [1.807, 2.05) is 18.2 Å². The molecule has 1 N–H and O–H groups in total. The number of hydrogen-bond acceptors (Lipinski definition) is 3. The molecule has 0 aromatic heterocycles. The first-order valence-electron chi connectivity index (χ1n) is 5.72. The molecule has 1 aromatic rings. The van der Waals surface area contributed by atoms with Crippen molar-refractivity contribution in [2.45, 2.75) is 13.3 Å². The third-order valence-corrected chi connectivity index (χ3v) is 2.24. The summed E-state index contributed by atoms with van der Waals surface area (Å²) in [5, 5.41) is 3.30. The average molecular weight is 223 g/mol. The molecular weight excluding hydrogens is 202 g/mol. The molecule has 0 fully saturated rings. The Hall–Kier alpha value is -1.06. The van der Waals surface area contributed by atoms with Crippen LogP contribution in [0.2, 0.25) is 0 Å². The van der Waals surface area contributed by atoms with Gasteiger partial charge in [0.1, 0.15) is 12.4 Å². The van der Waals surface area contributed by atoms with Crippen LogP contribution < -0.4 is 10.1 Å². The number of ether oxygens (including phenoxy) is 2. The molecule has 0 unspecified atom stereocenters. The summed E-state index contributed by atoms with van der Waals surface area (Å²) in [5.74, 6) is 0.943. The highest BCUT2D eigenvalue weighted by molar-refractivity contribution is 5.27. The second-order valence-corrected chi connectivity index (χ2v) is 3.76. The van der Waals surface area contributed by atoms with Crippen molar-refractivity contribution < 1.29 is 9.47 Å². The van der Waals surface area contributed by atoms with Gasteiger partial charge in [0.15, 0.2) is 0 Å². The Kier molecular flexibility index (Phi) is 6.61. The molecule has 0 aliphatic rings. The van der Waals surface area contributed by atoms with Crippen LogP contribution >= 0.6 is 0 Å². The van der Waals surface area contributed by atoms with E-state index >= 15 is 0 Å². The van der Waals surface area contributed by atoms with Crippen molar-refractivity contribution in [2.75, 3.05) is 33.4 Å². The van der Waals surface area contributed by atoms with Gasteiger partial charge >= 0.3 is 0 Å². The van der Waals surface area contributed by atoms with Crippen LogP contribution in [-0.2, 0) is 4.74 Å². The first kappa shape index (κ1) is 13.0. The van der Waals surface area contributed by atoms with Crippen LogP contribution in [-0.4, -0.2) is 33.4 Å². The maximum Gasteiger partial charge on any atom is 0.119 e. The minimum Gasteiger partial charge on any atom is -0.492 e. The van der Waals surface area contributed by atoms with Gasteiger partial charge in [0.05, 0.1) is 0 Å². The summed E-state index contributed by atoms with van der Waals surface area (Å²) in [6, 6.07) is 8.11. The number of hydrogen-bond donors (Lipinski definition) is 1. The molecule has 0 atom stereocenters. The minimum atomic E-state index is 0.705. The summed E-state index contributed by atoms with van der Waals surface area (Å²) in [5.41, 5.74) is 1.23. The molecule has 0 saturated heterocycles. The number of nitrogens with one attached hydrogen (secondary N) is 1. The fourth-order valence-corrected chi connectivity index (χ4v) is 1.41. The summed E-state index contributed by atoms with van der Waals surface area (Å²) >= 11 is 0. The molecular formula is C13H21NO2. The lowest BCUT2D eigenvalue weighted by Crippen LogP contribution is -2.22. The summed E-state index contributed by atoms with van der Waals surface area (Å²) in [4.78, 5) is 0. The van der Waals surface area contributed by atoms with E-state index in [9.17, 15) is 0 Å². The SMILES string of the molecule is COCCCNCCOc1cccc(C)c1. The molecule has 0 aliphatic heterocycles. The summed E-state index contributed by atoms with van der Waals surface area (Å²) in [7, 11) is 1.72. The van der Waals surface area contributed by atoms with Crippen molar-refractivity contribution in [3.05, 3.63) is 29.8 Å². The van der Waals surface area contributed by atoms with Gasteiger partial charge in [-0.15, -0.1) is 0 Å². The van der Waals surface area contributed by atoms with E-state index in [1.165, 1.54) is 5.56 Å². The highest BCUT2D eigenvalue weighted by Gasteiger charge is 1.93. The zero-order chi connectivity index (χ0) is 11.6. The van der Waals surface area contributed by atoms with Gasteiger partial charge in [-0.2, -0.15) is 0 Å². The van der Waals surface area contributed by atoms with Gasteiger partial charge in [-0.05, 0) is 37.6 Å². The predicted octanol–water partition coefficient (Wildman–Crippen LogP) is 2.00. The number of rotatable bonds is 8. The van der Waals surface area contributed by atoms with E-state index in [0.717, 1.165) is 31.9 Å². The highest BCUT2D eigenvalue weighted by atomic mass is 16.5. The molecule has 0 spiro atoms. The van der Waals surface area contributed by atoms with Crippen molar-refractivity contribution >= 4 is 0 Å². The van der Waals surface area contributed by atoms with Crippen LogP contribution in [0.1, 0.15) is 12.0 Å². The number of aryl methyl sites for hydroxylation is 1. The summed E-state index contributed by atoms with van der Waals surface area (Å²) < 4.78 is 10.6. The zero-order valence-electron chi connectivity index (χ0n) is 10.2. The van der Waals surface area contributed by atoms with Crippen LogP contribution in [0.4, 0.5) is 0 Å². The van der Waals surface area contributed by atoms with Crippen molar-refractivity contribution in [2.24, 2.45) is 0 Å². The Bertz CT molecular complexity index is 289. The molecule has 3 heteroatoms. The fourth-order valence-electron chi connectivity index (χ4n) is 1.41. The zero-order valence-corrected chi connectivity index (χ0v) is 10.2. The smallest absolute Gasteiger partial charge is 0.119 e. The highest BCUT2D eigenvalue weighted by Crippen LogP contribution is 2.11. The van der Waals surface area contributed by atoms with Gasteiger partial charge in [0, 0.05) is 20.3 Å². The van der Waals surface area contributed by atoms with Gasteiger partial charge in [0.25, 0.3) is 0 Å². The lowest BCUT2D eigenvalue weighted by atomic mass is 10.2. The minimum absolute atomic E-state index is 0.705. The van der Waals surface area contributed by atoms with Crippen molar-refractivity contribution in [3.8, 4) is 5.75 Å². The second kappa shape index (κ2) is 8.13. The lowest BCUT2D eigenvalue weighted by Gasteiger charge is -2.07. The van der Waals surface area contributed by atoms with Crippen LogP contribution in [0.15, 0.2) is 24.3 Å². The van der Waals surface area contributed by atoms with E-state index in [0.29, 0.717) is 6.61 Å². The Labute approximate surface area is 97.8 Å². The van der Waals surface area contributed by atoms with E-state index < -0.39 is 0 Å². The molecule has 3 nitrogen and oxygen atoms in total. The fraction of sp³-hybridized carbons (Fsp3) is 0.538. The molecule has 1 rings (SSSR count). The topological polar surface area (TPSA) is 30.5 Å². The molecule has 0 aliphatic carbocycles. The second-order valence-electron chi connectivity index (χ2n) is 3.76. The van der Waals surface area contributed by atoms with Crippen molar-refractivity contribution in [3.63, 3.8) is 0 Å². The largest absolute Gasteiger partial charge is 0.492 e. The predicted molar refractivity (Wildman–Crippen MR) is 66.0 cm³/mol. The van der Waals surface area contributed by atoms with Crippen molar-refractivity contribution in [1.29, 1.82) is 0 Å². The van der Waals surface area contributed by atoms with Crippen LogP contribution in [0.3, 0.4) is 0 Å². The Morgan fingerprint density at radius 2 is 2.06 bits per heavy atom. The lowest BCUT2D eigenvalue weighted by molar-refractivity contribution is 0.193. The first-order valence-corrected chi connectivity index (χ1v) is 5.72. The van der Waals surface area contributed by atoms with Gasteiger partial charge in [-0.3, -0.25) is 0 Å². The normalized spacial score (nSPS) is 10.4. The van der Waals surface area contributed by atoms with Gasteiger partial charge in [-0.1, -0.05) is 12.1 Å². The molecule has 0 amide bonds. The Morgan fingerprint density at radius 3 is 2.81 bits per heavy atom. The van der Waals surface area contributed by atoms with Gasteiger partial charge in [-0.25, -0.2) is 0 Å². The Balaban J connectivity index is 2.03. The van der Waals surface area contributed by atoms with Crippen LogP contribution in [0.25, 0.3) is 0 Å². The van der Waals surface area contributed by atoms with Gasteiger partial charge in [0.2, 0.25) is 0 Å². The van der Waals surface area contributed by atoms with E-state index in [1.54, 1.807) is 7.11 Å². The van der Waals surface area contributed by atoms with Crippen molar-refractivity contribution in [1.82, 2.24) is 5.32 Å². The monoisotopic (exact) mass is 223 g/mol. The molecule has 90 valence electrons. The maximum absolute atomic E-state index is 5.60. The molecule has 1 aromatic carbocycles. The Morgan fingerprint density at radius 1 is 1.19 bits per heavy atom. The number of methoxy groups -OCH3 is 1. The third-order valence-electron chi connectivity index (χ3n) is 2.24. The molecule has 16 heavy (non-hydrogen) atoms. The molecule has 0 bridgehead atoms.